The molecule has 0 aromatic heterocycles. The zero-order chi connectivity index (χ0) is 15.9. The van der Waals surface area contributed by atoms with E-state index in [1.807, 2.05) is 0 Å². The first-order valence-corrected chi connectivity index (χ1v) is 7.56. The van der Waals surface area contributed by atoms with E-state index in [4.69, 9.17) is 16.3 Å². The van der Waals surface area contributed by atoms with Crippen LogP contribution in [0.25, 0.3) is 0 Å². The molecule has 2 amide bonds. The predicted molar refractivity (Wildman–Crippen MR) is 84.0 cm³/mol. The van der Waals surface area contributed by atoms with Gasteiger partial charge >= 0.3 is 0 Å². The van der Waals surface area contributed by atoms with Crippen molar-refractivity contribution in [1.82, 2.24) is 16.0 Å². The average Bonchev–Trinajstić information content (AvgIpc) is 2.48. The maximum atomic E-state index is 11.8. The molecule has 1 aliphatic carbocycles. The second kappa shape index (κ2) is 8.00. The van der Waals surface area contributed by atoms with Gasteiger partial charge in [0.15, 0.2) is 6.61 Å². The largest absolute Gasteiger partial charge is 0.484 e. The summed E-state index contributed by atoms with van der Waals surface area (Å²) >= 11 is 5.77. The minimum absolute atomic E-state index is 0.0194. The molecule has 1 aromatic rings. The highest BCUT2D eigenvalue weighted by Gasteiger charge is 2.30. The van der Waals surface area contributed by atoms with Crippen LogP contribution < -0.4 is 20.7 Å². The number of amides is 2. The SMILES string of the molecule is CNC(=O)CNC1CC(NC(=O)COc2ccc(Cl)cc2)C1. The van der Waals surface area contributed by atoms with E-state index in [0.29, 0.717) is 17.3 Å². The molecular formula is C15H20ClN3O3. The van der Waals surface area contributed by atoms with Crippen molar-refractivity contribution in [3.05, 3.63) is 29.3 Å². The Morgan fingerprint density at radius 1 is 1.18 bits per heavy atom. The second-order valence-electron chi connectivity index (χ2n) is 5.23. The zero-order valence-electron chi connectivity index (χ0n) is 12.4. The first-order valence-electron chi connectivity index (χ1n) is 7.18. The van der Waals surface area contributed by atoms with Crippen LogP contribution >= 0.6 is 11.6 Å². The molecule has 0 atom stereocenters. The molecule has 1 saturated carbocycles. The quantitative estimate of drug-likeness (QED) is 0.689. The summed E-state index contributed by atoms with van der Waals surface area (Å²) in [5, 5.41) is 9.21. The molecule has 0 bridgehead atoms. The molecule has 120 valence electrons. The Bertz CT molecular complexity index is 515. The number of carbonyl (C=O) groups excluding carboxylic acids is 2. The highest BCUT2D eigenvalue weighted by Crippen LogP contribution is 2.20. The molecule has 0 saturated heterocycles. The Morgan fingerprint density at radius 2 is 1.86 bits per heavy atom. The molecule has 1 fully saturated rings. The number of hydrogen-bond acceptors (Lipinski definition) is 4. The van der Waals surface area contributed by atoms with Crippen molar-refractivity contribution < 1.29 is 14.3 Å². The minimum atomic E-state index is -0.148. The fourth-order valence-electron chi connectivity index (χ4n) is 2.18. The summed E-state index contributed by atoms with van der Waals surface area (Å²) in [6.45, 7) is 0.288. The van der Waals surface area contributed by atoms with Crippen molar-refractivity contribution in [3.63, 3.8) is 0 Å². The molecule has 6 nitrogen and oxygen atoms in total. The van der Waals surface area contributed by atoms with E-state index in [0.717, 1.165) is 12.8 Å². The molecule has 1 aromatic carbocycles. The molecule has 22 heavy (non-hydrogen) atoms. The van der Waals surface area contributed by atoms with Gasteiger partial charge in [-0.05, 0) is 37.1 Å². The van der Waals surface area contributed by atoms with E-state index in [1.165, 1.54) is 0 Å². The van der Waals surface area contributed by atoms with Crippen molar-refractivity contribution in [2.45, 2.75) is 24.9 Å². The first kappa shape index (κ1) is 16.6. The van der Waals surface area contributed by atoms with Gasteiger partial charge in [0.1, 0.15) is 5.75 Å². The summed E-state index contributed by atoms with van der Waals surface area (Å²) in [6.07, 6.45) is 1.65. The van der Waals surface area contributed by atoms with Gasteiger partial charge in [0.05, 0.1) is 6.54 Å². The van der Waals surface area contributed by atoms with Gasteiger partial charge in [-0.3, -0.25) is 9.59 Å². The van der Waals surface area contributed by atoms with E-state index >= 15 is 0 Å². The maximum absolute atomic E-state index is 11.8. The lowest BCUT2D eigenvalue weighted by Crippen LogP contribution is -2.54. The van der Waals surface area contributed by atoms with E-state index < -0.39 is 0 Å². The van der Waals surface area contributed by atoms with E-state index in [1.54, 1.807) is 31.3 Å². The van der Waals surface area contributed by atoms with Crippen LogP contribution in [0, 0.1) is 0 Å². The summed E-state index contributed by atoms with van der Waals surface area (Å²) in [7, 11) is 1.61. The smallest absolute Gasteiger partial charge is 0.258 e. The van der Waals surface area contributed by atoms with Gasteiger partial charge in [-0.1, -0.05) is 11.6 Å². The van der Waals surface area contributed by atoms with Crippen molar-refractivity contribution >= 4 is 23.4 Å². The molecule has 0 unspecified atom stereocenters. The third kappa shape index (κ3) is 5.20. The summed E-state index contributed by atoms with van der Waals surface area (Å²) in [6, 6.07) is 7.28. The van der Waals surface area contributed by atoms with Crippen molar-refractivity contribution in [1.29, 1.82) is 0 Å². The molecule has 0 radical (unpaired) electrons. The van der Waals surface area contributed by atoms with Crippen LogP contribution in [0.5, 0.6) is 5.75 Å². The van der Waals surface area contributed by atoms with Crippen LogP contribution in [0.4, 0.5) is 0 Å². The standard InChI is InChI=1S/C15H20ClN3O3/c1-17-14(20)8-18-11-6-12(7-11)19-15(21)9-22-13-4-2-10(16)3-5-13/h2-5,11-12,18H,6-9H2,1H3,(H,17,20)(H,19,21). The maximum Gasteiger partial charge on any atom is 0.258 e. The van der Waals surface area contributed by atoms with E-state index in [9.17, 15) is 9.59 Å². The second-order valence-corrected chi connectivity index (χ2v) is 5.67. The summed E-state index contributed by atoms with van der Waals surface area (Å²) < 4.78 is 5.37. The summed E-state index contributed by atoms with van der Waals surface area (Å²) in [4.78, 5) is 22.8. The highest BCUT2D eigenvalue weighted by molar-refractivity contribution is 6.30. The Morgan fingerprint density at radius 3 is 2.50 bits per heavy atom. The number of halogens is 1. The van der Waals surface area contributed by atoms with Crippen LogP contribution in [0.3, 0.4) is 0 Å². The lowest BCUT2D eigenvalue weighted by atomic mass is 9.86. The van der Waals surface area contributed by atoms with Crippen LogP contribution in [-0.2, 0) is 9.59 Å². The van der Waals surface area contributed by atoms with Crippen LogP contribution in [0.2, 0.25) is 5.02 Å². The monoisotopic (exact) mass is 325 g/mol. The van der Waals surface area contributed by atoms with Gasteiger partial charge < -0.3 is 20.7 Å². The van der Waals surface area contributed by atoms with Crippen LogP contribution in [-0.4, -0.2) is 44.1 Å². The Kier molecular flexibility index (Phi) is 6.03. The summed E-state index contributed by atoms with van der Waals surface area (Å²) in [5.41, 5.74) is 0. The number of carbonyl (C=O) groups is 2. The molecule has 7 heteroatoms. The summed E-state index contributed by atoms with van der Waals surface area (Å²) in [5.74, 6) is 0.423. The lowest BCUT2D eigenvalue weighted by Gasteiger charge is -2.36. The van der Waals surface area contributed by atoms with Gasteiger partial charge in [0.25, 0.3) is 5.91 Å². The highest BCUT2D eigenvalue weighted by atomic mass is 35.5. The minimum Gasteiger partial charge on any atom is -0.484 e. The third-order valence-electron chi connectivity index (χ3n) is 3.52. The zero-order valence-corrected chi connectivity index (χ0v) is 13.2. The number of nitrogens with one attached hydrogen (secondary N) is 3. The fraction of sp³-hybridized carbons (Fsp3) is 0.467. The molecule has 3 N–H and O–H groups in total. The number of benzene rings is 1. The molecule has 1 aliphatic rings. The normalized spacial score (nSPS) is 19.9. The molecule has 0 aliphatic heterocycles. The third-order valence-corrected chi connectivity index (χ3v) is 3.77. The number of ether oxygens (including phenoxy) is 1. The first-order chi connectivity index (χ1) is 10.6. The van der Waals surface area contributed by atoms with Crippen LogP contribution in [0.15, 0.2) is 24.3 Å². The van der Waals surface area contributed by atoms with Gasteiger partial charge in [0, 0.05) is 24.2 Å². The number of rotatable bonds is 7. The molecule has 0 heterocycles. The van der Waals surface area contributed by atoms with Gasteiger partial charge in [0.2, 0.25) is 5.91 Å². The predicted octanol–water partition coefficient (Wildman–Crippen LogP) is 0.702. The Balaban J connectivity index is 1.59. The topological polar surface area (TPSA) is 79.5 Å². The van der Waals surface area contributed by atoms with Crippen molar-refractivity contribution in [3.8, 4) is 5.75 Å². The van der Waals surface area contributed by atoms with Gasteiger partial charge in [-0.25, -0.2) is 0 Å². The van der Waals surface area contributed by atoms with Crippen molar-refractivity contribution in [2.24, 2.45) is 0 Å². The fourth-order valence-corrected chi connectivity index (χ4v) is 2.30. The van der Waals surface area contributed by atoms with Gasteiger partial charge in [-0.15, -0.1) is 0 Å². The van der Waals surface area contributed by atoms with E-state index in [-0.39, 0.29) is 30.5 Å². The Hall–Kier alpha value is -1.79. The van der Waals surface area contributed by atoms with E-state index in [2.05, 4.69) is 16.0 Å². The average molecular weight is 326 g/mol. The van der Waals surface area contributed by atoms with Gasteiger partial charge in [-0.2, -0.15) is 0 Å². The molecule has 0 spiro atoms. The number of likely N-dealkylation sites (N-methyl/N-ethyl adjacent to an activating group) is 1. The molecular weight excluding hydrogens is 306 g/mol. The Labute approximate surface area is 134 Å². The number of hydrogen-bond donors (Lipinski definition) is 3. The van der Waals surface area contributed by atoms with Crippen molar-refractivity contribution in [2.75, 3.05) is 20.2 Å². The molecule has 2 rings (SSSR count). The lowest BCUT2D eigenvalue weighted by molar-refractivity contribution is -0.125. The van der Waals surface area contributed by atoms with Crippen LogP contribution in [0.1, 0.15) is 12.8 Å².